The Morgan fingerprint density at radius 3 is 2.38 bits per heavy atom. The van der Waals surface area contributed by atoms with Gasteiger partial charge in [0.1, 0.15) is 5.60 Å². The van der Waals surface area contributed by atoms with Gasteiger partial charge in [0, 0.05) is 33.2 Å². The normalized spacial score (nSPS) is 20.0. The lowest BCUT2D eigenvalue weighted by Gasteiger charge is -2.35. The molecule has 1 saturated heterocycles. The van der Waals surface area contributed by atoms with Crippen LogP contribution in [-0.2, 0) is 9.47 Å². The van der Waals surface area contributed by atoms with Crippen molar-refractivity contribution in [1.82, 2.24) is 14.7 Å². The maximum atomic E-state index is 12.5. The number of hydrogen-bond donors (Lipinski definition) is 0. The third-order valence-corrected chi connectivity index (χ3v) is 4.92. The van der Waals surface area contributed by atoms with Gasteiger partial charge in [-0.2, -0.15) is 0 Å². The van der Waals surface area contributed by atoms with Gasteiger partial charge in [-0.05, 0) is 32.9 Å². The first-order valence-electron chi connectivity index (χ1n) is 9.89. The van der Waals surface area contributed by atoms with Crippen molar-refractivity contribution in [2.75, 3.05) is 46.4 Å². The van der Waals surface area contributed by atoms with Crippen LogP contribution in [0.3, 0.4) is 0 Å². The molecule has 2 heterocycles. The number of benzene rings is 1. The Morgan fingerprint density at radius 1 is 1.17 bits per heavy atom. The minimum atomic E-state index is -0.544. The number of carbonyl (C=O) groups excluding carboxylic acids is 3. The van der Waals surface area contributed by atoms with Crippen molar-refractivity contribution in [3.05, 3.63) is 35.4 Å². The number of fused-ring (bicyclic) bond motifs is 1. The number of likely N-dealkylation sites (N-methyl/N-ethyl adjacent to an activating group) is 1. The first-order chi connectivity index (χ1) is 13.7. The largest absolute Gasteiger partial charge is 0.444 e. The average molecular weight is 403 g/mol. The van der Waals surface area contributed by atoms with E-state index in [1.807, 2.05) is 20.8 Å². The molecule has 1 atom stereocenters. The first kappa shape index (κ1) is 21.3. The lowest BCUT2D eigenvalue weighted by molar-refractivity contribution is -0.0451. The number of rotatable bonds is 5. The van der Waals surface area contributed by atoms with Gasteiger partial charge >= 0.3 is 6.09 Å². The summed E-state index contributed by atoms with van der Waals surface area (Å²) in [6, 6.07) is 6.90. The summed E-state index contributed by atoms with van der Waals surface area (Å²) in [4.78, 5) is 42.1. The molecule has 8 nitrogen and oxygen atoms in total. The number of nitrogens with zero attached hydrogens (tertiary/aromatic N) is 3. The second kappa shape index (κ2) is 8.51. The second-order valence-corrected chi connectivity index (χ2v) is 8.46. The predicted molar refractivity (Wildman–Crippen MR) is 107 cm³/mol. The number of imide groups is 1. The zero-order chi connectivity index (χ0) is 21.2. The summed E-state index contributed by atoms with van der Waals surface area (Å²) in [6.07, 6.45) is -0.535. The van der Waals surface area contributed by atoms with Crippen LogP contribution in [0.4, 0.5) is 4.79 Å². The Morgan fingerprint density at radius 2 is 1.79 bits per heavy atom. The molecule has 0 bridgehead atoms. The smallest absolute Gasteiger partial charge is 0.410 e. The maximum Gasteiger partial charge on any atom is 0.410 e. The van der Waals surface area contributed by atoms with Crippen LogP contribution in [0.1, 0.15) is 41.5 Å². The van der Waals surface area contributed by atoms with E-state index in [1.54, 1.807) is 31.3 Å². The molecule has 0 radical (unpaired) electrons. The molecule has 0 aliphatic carbocycles. The predicted octanol–water partition coefficient (Wildman–Crippen LogP) is 1.85. The van der Waals surface area contributed by atoms with Gasteiger partial charge in [0.05, 0.1) is 30.4 Å². The van der Waals surface area contributed by atoms with Gasteiger partial charge in [-0.3, -0.25) is 19.4 Å². The summed E-state index contributed by atoms with van der Waals surface area (Å²) in [6.45, 7) is 8.69. The molecular formula is C21H29N3O5. The van der Waals surface area contributed by atoms with Crippen molar-refractivity contribution in [2.24, 2.45) is 0 Å². The molecule has 2 aliphatic rings. The van der Waals surface area contributed by atoms with E-state index in [0.29, 0.717) is 43.9 Å². The molecule has 2 aliphatic heterocycles. The van der Waals surface area contributed by atoms with E-state index in [4.69, 9.17) is 9.47 Å². The fourth-order valence-corrected chi connectivity index (χ4v) is 3.50. The van der Waals surface area contributed by atoms with Crippen LogP contribution in [0, 0.1) is 0 Å². The number of hydrogen-bond acceptors (Lipinski definition) is 6. The summed E-state index contributed by atoms with van der Waals surface area (Å²) < 4.78 is 11.2. The molecule has 3 amide bonds. The number of amides is 3. The summed E-state index contributed by atoms with van der Waals surface area (Å²) >= 11 is 0. The highest BCUT2D eigenvalue weighted by Gasteiger charge is 2.35. The van der Waals surface area contributed by atoms with E-state index < -0.39 is 5.60 Å². The fraction of sp³-hybridized carbons (Fsp3) is 0.571. The van der Waals surface area contributed by atoms with Crippen molar-refractivity contribution in [2.45, 2.75) is 32.5 Å². The summed E-state index contributed by atoms with van der Waals surface area (Å²) in [5.41, 5.74) is 0.393. The molecule has 1 fully saturated rings. The second-order valence-electron chi connectivity index (χ2n) is 8.46. The zero-order valence-electron chi connectivity index (χ0n) is 17.5. The zero-order valence-corrected chi connectivity index (χ0v) is 17.5. The van der Waals surface area contributed by atoms with Gasteiger partial charge < -0.3 is 14.4 Å². The van der Waals surface area contributed by atoms with E-state index in [0.717, 1.165) is 6.54 Å². The molecule has 1 aromatic carbocycles. The minimum absolute atomic E-state index is 0.150. The van der Waals surface area contributed by atoms with Crippen LogP contribution in [-0.4, -0.2) is 90.7 Å². The SMILES string of the molecule is CN(C[C@@H]1CN(CCN2C(=O)c3ccccc3C2=O)CCO1)C(=O)OC(C)(C)C. The Balaban J connectivity index is 1.50. The Kier molecular flexibility index (Phi) is 6.24. The monoisotopic (exact) mass is 403 g/mol. The van der Waals surface area contributed by atoms with Gasteiger partial charge in [-0.1, -0.05) is 12.1 Å². The van der Waals surface area contributed by atoms with E-state index in [9.17, 15) is 14.4 Å². The van der Waals surface area contributed by atoms with Crippen molar-refractivity contribution in [1.29, 1.82) is 0 Å². The van der Waals surface area contributed by atoms with Crippen LogP contribution in [0.2, 0.25) is 0 Å². The molecule has 3 rings (SSSR count). The third-order valence-electron chi connectivity index (χ3n) is 4.92. The average Bonchev–Trinajstić information content (AvgIpc) is 2.90. The number of morpholine rings is 1. The first-order valence-corrected chi connectivity index (χ1v) is 9.89. The molecule has 1 aromatic rings. The fourth-order valence-electron chi connectivity index (χ4n) is 3.50. The maximum absolute atomic E-state index is 12.5. The van der Waals surface area contributed by atoms with Gasteiger partial charge in [0.25, 0.3) is 11.8 Å². The summed E-state index contributed by atoms with van der Waals surface area (Å²) in [7, 11) is 1.69. The molecular weight excluding hydrogens is 374 g/mol. The van der Waals surface area contributed by atoms with Gasteiger partial charge in [-0.15, -0.1) is 0 Å². The molecule has 0 spiro atoms. The highest BCUT2D eigenvalue weighted by molar-refractivity contribution is 6.21. The third kappa shape index (κ3) is 5.13. The molecule has 29 heavy (non-hydrogen) atoms. The number of ether oxygens (including phenoxy) is 2. The lowest BCUT2D eigenvalue weighted by atomic mass is 10.1. The van der Waals surface area contributed by atoms with Crippen LogP contribution < -0.4 is 0 Å². The lowest BCUT2D eigenvalue weighted by Crippen LogP contribution is -2.50. The number of carbonyl (C=O) groups is 3. The highest BCUT2D eigenvalue weighted by atomic mass is 16.6. The molecule has 0 N–H and O–H groups in total. The Hall–Kier alpha value is -2.45. The van der Waals surface area contributed by atoms with E-state index in [2.05, 4.69) is 4.90 Å². The quantitative estimate of drug-likeness (QED) is 0.698. The molecule has 0 saturated carbocycles. The van der Waals surface area contributed by atoms with Crippen molar-refractivity contribution >= 4 is 17.9 Å². The van der Waals surface area contributed by atoms with Crippen molar-refractivity contribution < 1.29 is 23.9 Å². The van der Waals surface area contributed by atoms with Crippen LogP contribution in [0.25, 0.3) is 0 Å². The topological polar surface area (TPSA) is 79.4 Å². The van der Waals surface area contributed by atoms with Gasteiger partial charge in [0.15, 0.2) is 0 Å². The van der Waals surface area contributed by atoms with Gasteiger partial charge in [-0.25, -0.2) is 4.79 Å². The van der Waals surface area contributed by atoms with Crippen LogP contribution >= 0.6 is 0 Å². The van der Waals surface area contributed by atoms with Gasteiger partial charge in [0.2, 0.25) is 0 Å². The highest BCUT2D eigenvalue weighted by Crippen LogP contribution is 2.22. The van der Waals surface area contributed by atoms with Crippen molar-refractivity contribution in [3.8, 4) is 0 Å². The molecule has 8 heteroatoms. The van der Waals surface area contributed by atoms with E-state index >= 15 is 0 Å². The Labute approximate surface area is 171 Å². The molecule has 158 valence electrons. The summed E-state index contributed by atoms with van der Waals surface area (Å²) in [5.74, 6) is -0.472. The van der Waals surface area contributed by atoms with Crippen molar-refractivity contribution in [3.63, 3.8) is 0 Å². The standard InChI is InChI=1S/C21H29N3O5/c1-21(2,3)29-20(27)22(4)13-15-14-23(11-12-28-15)9-10-24-18(25)16-7-5-6-8-17(16)19(24)26/h5-8,15H,9-14H2,1-4H3/t15-/m1/s1. The molecule has 0 unspecified atom stereocenters. The summed E-state index contributed by atoms with van der Waals surface area (Å²) in [5, 5.41) is 0. The van der Waals surface area contributed by atoms with E-state index in [-0.39, 0.29) is 24.0 Å². The van der Waals surface area contributed by atoms with Crippen LogP contribution in [0.15, 0.2) is 24.3 Å². The van der Waals surface area contributed by atoms with E-state index in [1.165, 1.54) is 9.80 Å². The van der Waals surface area contributed by atoms with Crippen LogP contribution in [0.5, 0.6) is 0 Å². The Bertz CT molecular complexity index is 754. The minimum Gasteiger partial charge on any atom is -0.444 e. The molecule has 0 aromatic heterocycles.